The molecule has 3 aliphatic rings. The van der Waals surface area contributed by atoms with E-state index >= 15 is 0 Å². The number of hydrazine groups is 1. The minimum Gasteiger partial charge on any atom is -0.458 e. The van der Waals surface area contributed by atoms with Crippen LogP contribution in [-0.4, -0.2) is 79.5 Å². The lowest BCUT2D eigenvalue weighted by Gasteiger charge is -2.41. The second-order valence-electron chi connectivity index (χ2n) is 9.09. The number of amides is 4. The van der Waals surface area contributed by atoms with Gasteiger partial charge in [-0.05, 0) is 23.3 Å². The summed E-state index contributed by atoms with van der Waals surface area (Å²) in [7, 11) is 0. The average molecular weight is 541 g/mol. The second kappa shape index (κ2) is 9.95. The van der Waals surface area contributed by atoms with Crippen molar-refractivity contribution >= 4 is 41.3 Å². The van der Waals surface area contributed by atoms with Crippen molar-refractivity contribution in [3.63, 3.8) is 0 Å². The third kappa shape index (κ3) is 4.52. The highest BCUT2D eigenvalue weighted by molar-refractivity contribution is 8.02. The van der Waals surface area contributed by atoms with E-state index in [0.29, 0.717) is 5.56 Å². The summed E-state index contributed by atoms with van der Waals surface area (Å²) in [6.07, 6.45) is 0.0944. The number of nitro groups is 1. The Bertz CT molecular complexity index is 1290. The number of fused-ring (bicyclic) bond motifs is 1. The molecule has 0 aliphatic carbocycles. The number of hydrogen-bond acceptors (Lipinski definition) is 9. The maximum atomic E-state index is 13.5. The standard InChI is InChI=1S/C24H24N6O7S/c25-29-11-10-28(23(29)34)24(22(33)37-13-16-6-8-17(9-7-16)30(35)36)14-27-20(32)19(21(27)38-24)26-18(31)12-15-4-2-1-3-5-15/h1-9,19,21H,10-14,25H2,(H,26,31)/t19-,21-,24-/m1/s1. The first kappa shape index (κ1) is 25.5. The van der Waals surface area contributed by atoms with Gasteiger partial charge in [-0.15, -0.1) is 0 Å². The summed E-state index contributed by atoms with van der Waals surface area (Å²) < 4.78 is 5.56. The van der Waals surface area contributed by atoms with Crippen LogP contribution in [0.1, 0.15) is 11.1 Å². The number of ether oxygens (including phenoxy) is 1. The lowest BCUT2D eigenvalue weighted by atomic mass is 10.0. The maximum absolute atomic E-state index is 13.5. The zero-order valence-corrected chi connectivity index (χ0v) is 20.8. The highest BCUT2D eigenvalue weighted by Crippen LogP contribution is 2.50. The Morgan fingerprint density at radius 3 is 2.45 bits per heavy atom. The lowest BCUT2D eigenvalue weighted by molar-refractivity contribution is -0.384. The zero-order valence-electron chi connectivity index (χ0n) is 20.0. The fourth-order valence-electron chi connectivity index (χ4n) is 4.67. The van der Waals surface area contributed by atoms with Crippen LogP contribution in [0.3, 0.4) is 0 Å². The molecule has 198 valence electrons. The maximum Gasteiger partial charge on any atom is 0.345 e. The molecular weight excluding hydrogens is 516 g/mol. The predicted molar refractivity (Wildman–Crippen MR) is 134 cm³/mol. The summed E-state index contributed by atoms with van der Waals surface area (Å²) in [6, 6.07) is 13.2. The van der Waals surface area contributed by atoms with Crippen molar-refractivity contribution in [3.05, 3.63) is 75.8 Å². The van der Waals surface area contributed by atoms with Crippen LogP contribution in [0.15, 0.2) is 54.6 Å². The largest absolute Gasteiger partial charge is 0.458 e. The topological polar surface area (TPSA) is 168 Å². The number of carbonyl (C=O) groups is 4. The number of esters is 1. The van der Waals surface area contributed by atoms with Crippen LogP contribution in [0.5, 0.6) is 0 Å². The van der Waals surface area contributed by atoms with Crippen molar-refractivity contribution in [3.8, 4) is 0 Å². The van der Waals surface area contributed by atoms with E-state index in [1.807, 2.05) is 30.3 Å². The normalized spacial score (nSPS) is 24.2. The van der Waals surface area contributed by atoms with Gasteiger partial charge in [0.15, 0.2) is 0 Å². The predicted octanol–water partition coefficient (Wildman–Crippen LogP) is 0.588. The molecule has 14 heteroatoms. The molecule has 38 heavy (non-hydrogen) atoms. The molecule has 0 aromatic heterocycles. The number of carbonyl (C=O) groups excluding carboxylic acids is 4. The van der Waals surface area contributed by atoms with E-state index in [1.54, 1.807) is 0 Å². The van der Waals surface area contributed by atoms with Gasteiger partial charge in [0, 0.05) is 18.7 Å². The Kier molecular flexibility index (Phi) is 6.67. The van der Waals surface area contributed by atoms with Gasteiger partial charge >= 0.3 is 12.0 Å². The van der Waals surface area contributed by atoms with E-state index < -0.39 is 33.2 Å². The molecule has 3 aliphatic heterocycles. The molecular formula is C24H24N6O7S. The number of rotatable bonds is 8. The fourth-order valence-corrected chi connectivity index (χ4v) is 6.36. The van der Waals surface area contributed by atoms with Crippen LogP contribution in [0, 0.1) is 10.1 Å². The number of nitrogens with one attached hydrogen (secondary N) is 1. The van der Waals surface area contributed by atoms with E-state index in [9.17, 15) is 29.3 Å². The number of β-lactam (4-membered cyclic amide) rings is 1. The van der Waals surface area contributed by atoms with Gasteiger partial charge in [0.25, 0.3) is 5.69 Å². The molecule has 5 rings (SSSR count). The third-order valence-electron chi connectivity index (χ3n) is 6.68. The number of urea groups is 1. The number of nitro benzene ring substituents is 1. The Morgan fingerprint density at radius 1 is 1.11 bits per heavy atom. The van der Waals surface area contributed by atoms with Crippen molar-refractivity contribution in [1.82, 2.24) is 20.1 Å². The van der Waals surface area contributed by atoms with Crippen LogP contribution in [0.2, 0.25) is 0 Å². The van der Waals surface area contributed by atoms with Crippen molar-refractivity contribution in [1.29, 1.82) is 0 Å². The average Bonchev–Trinajstić information content (AvgIpc) is 3.45. The van der Waals surface area contributed by atoms with Crippen LogP contribution in [0.4, 0.5) is 10.5 Å². The molecule has 13 nitrogen and oxygen atoms in total. The number of non-ortho nitro benzene ring substituents is 1. The Labute approximate surface area is 221 Å². The van der Waals surface area contributed by atoms with E-state index in [4.69, 9.17) is 10.6 Å². The molecule has 0 saturated carbocycles. The van der Waals surface area contributed by atoms with Crippen LogP contribution in [-0.2, 0) is 32.1 Å². The van der Waals surface area contributed by atoms with Crippen molar-refractivity contribution < 1.29 is 28.8 Å². The van der Waals surface area contributed by atoms with Crippen molar-refractivity contribution in [2.45, 2.75) is 29.3 Å². The summed E-state index contributed by atoms with van der Waals surface area (Å²) in [5.41, 5.74) is 1.21. The van der Waals surface area contributed by atoms with E-state index in [0.717, 1.165) is 22.3 Å². The van der Waals surface area contributed by atoms with Crippen LogP contribution < -0.4 is 11.2 Å². The zero-order chi connectivity index (χ0) is 27.0. The second-order valence-corrected chi connectivity index (χ2v) is 10.5. The van der Waals surface area contributed by atoms with Gasteiger partial charge in [-0.25, -0.2) is 15.4 Å². The molecule has 3 N–H and O–H groups in total. The quantitative estimate of drug-likeness (QED) is 0.122. The minimum absolute atomic E-state index is 0.0944. The molecule has 2 aromatic rings. The van der Waals surface area contributed by atoms with E-state index in [-0.39, 0.29) is 50.2 Å². The molecule has 3 atom stereocenters. The lowest BCUT2D eigenvalue weighted by Crippen LogP contribution is -2.67. The van der Waals surface area contributed by atoms with Gasteiger partial charge in [-0.2, -0.15) is 0 Å². The highest BCUT2D eigenvalue weighted by Gasteiger charge is 2.66. The third-order valence-corrected chi connectivity index (χ3v) is 8.35. The first-order chi connectivity index (χ1) is 18.2. The minimum atomic E-state index is -1.56. The number of benzene rings is 2. The smallest absolute Gasteiger partial charge is 0.345 e. The van der Waals surface area contributed by atoms with Crippen molar-refractivity contribution in [2.24, 2.45) is 5.84 Å². The highest BCUT2D eigenvalue weighted by atomic mass is 32.2. The Balaban J connectivity index is 1.31. The van der Waals surface area contributed by atoms with Gasteiger partial charge in [0.05, 0.1) is 24.4 Å². The number of thioether (sulfide) groups is 1. The molecule has 0 radical (unpaired) electrons. The molecule has 0 bridgehead atoms. The summed E-state index contributed by atoms with van der Waals surface area (Å²) in [5.74, 6) is 4.33. The fraction of sp³-hybridized carbons (Fsp3) is 0.333. The molecule has 4 amide bonds. The molecule has 3 fully saturated rings. The Hall–Kier alpha value is -4.17. The molecule has 0 unspecified atom stereocenters. The van der Waals surface area contributed by atoms with E-state index in [2.05, 4.69) is 5.32 Å². The monoisotopic (exact) mass is 540 g/mol. The van der Waals surface area contributed by atoms with Crippen LogP contribution >= 0.6 is 11.8 Å². The molecule has 2 aromatic carbocycles. The summed E-state index contributed by atoms with van der Waals surface area (Å²) >= 11 is 1.07. The number of nitrogens with two attached hydrogens (primary N) is 1. The summed E-state index contributed by atoms with van der Waals surface area (Å²) in [5, 5.41) is 14.0. The van der Waals surface area contributed by atoms with Gasteiger partial charge in [-0.3, -0.25) is 29.6 Å². The van der Waals surface area contributed by atoms with Gasteiger partial charge in [0.1, 0.15) is 18.0 Å². The van der Waals surface area contributed by atoms with E-state index in [1.165, 1.54) is 34.1 Å². The van der Waals surface area contributed by atoms with Gasteiger partial charge in [-0.1, -0.05) is 42.1 Å². The van der Waals surface area contributed by atoms with Gasteiger partial charge in [0.2, 0.25) is 16.7 Å². The summed E-state index contributed by atoms with van der Waals surface area (Å²) in [6.45, 7) is 0.0234. The first-order valence-electron chi connectivity index (χ1n) is 11.8. The Morgan fingerprint density at radius 2 is 1.82 bits per heavy atom. The molecule has 0 spiro atoms. The molecule has 3 heterocycles. The number of hydrogen-bond donors (Lipinski definition) is 2. The van der Waals surface area contributed by atoms with Gasteiger partial charge < -0.3 is 15.0 Å². The number of nitrogens with zero attached hydrogens (tertiary/aromatic N) is 4. The summed E-state index contributed by atoms with van der Waals surface area (Å²) in [4.78, 5) is 63.4. The van der Waals surface area contributed by atoms with Crippen LogP contribution in [0.25, 0.3) is 0 Å². The first-order valence-corrected chi connectivity index (χ1v) is 12.6. The van der Waals surface area contributed by atoms with Crippen molar-refractivity contribution in [2.75, 3.05) is 19.6 Å². The SMILES string of the molecule is NN1CCN([C@]2(C(=O)OCc3ccc([N+](=O)[O-])cc3)CN3C(=O)[C@@H](NC(=O)Cc4ccccc4)[C@H]3S2)C1=O. The molecule has 3 saturated heterocycles.